The molecule has 0 amide bonds. The Morgan fingerprint density at radius 2 is 2.15 bits per heavy atom. The Morgan fingerprint density at radius 1 is 1.38 bits per heavy atom. The van der Waals surface area contributed by atoms with Gasteiger partial charge in [-0.1, -0.05) is 13.0 Å². The number of rotatable bonds is 2. The maximum Gasteiger partial charge on any atom is 0.201 e. The summed E-state index contributed by atoms with van der Waals surface area (Å²) < 4.78 is 10.7. The Bertz CT molecular complexity index is 282. The lowest BCUT2D eigenvalue weighted by Gasteiger charge is -2.08. The summed E-state index contributed by atoms with van der Waals surface area (Å²) in [5.74, 6) is 0. The van der Waals surface area contributed by atoms with Gasteiger partial charge in [-0.05, 0) is 18.6 Å². The molecule has 1 aromatic heterocycles. The Hall–Kier alpha value is -0.930. The van der Waals surface area contributed by atoms with Gasteiger partial charge in [0.1, 0.15) is 0 Å². The average molecular weight is 179 g/mol. The van der Waals surface area contributed by atoms with Gasteiger partial charge >= 0.3 is 0 Å². The van der Waals surface area contributed by atoms with Crippen molar-refractivity contribution in [2.75, 3.05) is 13.2 Å². The zero-order valence-electron chi connectivity index (χ0n) is 7.69. The van der Waals surface area contributed by atoms with Crippen LogP contribution < -0.4 is 0 Å². The lowest BCUT2D eigenvalue weighted by molar-refractivity contribution is -0.0473. The number of hydrogen-bond donors (Lipinski definition) is 0. The molecule has 2 heterocycles. The van der Waals surface area contributed by atoms with Gasteiger partial charge in [-0.2, -0.15) is 0 Å². The van der Waals surface area contributed by atoms with Crippen LogP contribution in [-0.2, 0) is 15.9 Å². The van der Waals surface area contributed by atoms with Crippen molar-refractivity contribution >= 4 is 0 Å². The first-order valence-corrected chi connectivity index (χ1v) is 4.59. The molecule has 3 heteroatoms. The van der Waals surface area contributed by atoms with E-state index in [1.807, 2.05) is 18.2 Å². The van der Waals surface area contributed by atoms with Crippen LogP contribution in [0.3, 0.4) is 0 Å². The summed E-state index contributed by atoms with van der Waals surface area (Å²) >= 11 is 0. The molecule has 70 valence electrons. The topological polar surface area (TPSA) is 31.4 Å². The Balaban J connectivity index is 2.18. The maximum absolute atomic E-state index is 5.35. The van der Waals surface area contributed by atoms with Crippen LogP contribution in [0.4, 0.5) is 0 Å². The Labute approximate surface area is 77.7 Å². The summed E-state index contributed by atoms with van der Waals surface area (Å²) in [6.45, 7) is 3.42. The molecule has 1 aliphatic rings. The van der Waals surface area contributed by atoms with Crippen molar-refractivity contribution in [1.82, 2.24) is 4.98 Å². The minimum atomic E-state index is -0.244. The second-order valence-electron chi connectivity index (χ2n) is 2.98. The largest absolute Gasteiger partial charge is 0.345 e. The van der Waals surface area contributed by atoms with Crippen molar-refractivity contribution in [1.29, 1.82) is 0 Å². The average Bonchev–Trinajstić information content (AvgIpc) is 2.71. The smallest absolute Gasteiger partial charge is 0.201 e. The number of aryl methyl sites for hydroxylation is 1. The van der Waals surface area contributed by atoms with Crippen LogP contribution in [0.15, 0.2) is 18.2 Å². The molecule has 0 bridgehead atoms. The van der Waals surface area contributed by atoms with Crippen molar-refractivity contribution in [2.45, 2.75) is 19.6 Å². The lowest BCUT2D eigenvalue weighted by Crippen LogP contribution is -2.02. The van der Waals surface area contributed by atoms with Gasteiger partial charge in [-0.3, -0.25) is 4.98 Å². The zero-order valence-corrected chi connectivity index (χ0v) is 7.69. The third-order valence-electron chi connectivity index (χ3n) is 2.05. The fourth-order valence-electron chi connectivity index (χ4n) is 1.36. The molecule has 0 saturated carbocycles. The van der Waals surface area contributed by atoms with E-state index >= 15 is 0 Å². The molecule has 0 unspecified atom stereocenters. The molecule has 0 spiro atoms. The van der Waals surface area contributed by atoms with Crippen molar-refractivity contribution in [3.05, 3.63) is 29.6 Å². The van der Waals surface area contributed by atoms with Crippen LogP contribution >= 0.6 is 0 Å². The monoisotopic (exact) mass is 179 g/mol. The van der Waals surface area contributed by atoms with E-state index in [9.17, 15) is 0 Å². The fraction of sp³-hybridized carbons (Fsp3) is 0.500. The van der Waals surface area contributed by atoms with E-state index in [1.165, 1.54) is 0 Å². The highest BCUT2D eigenvalue weighted by atomic mass is 16.7. The molecule has 0 aromatic carbocycles. The van der Waals surface area contributed by atoms with Gasteiger partial charge in [-0.25, -0.2) is 0 Å². The van der Waals surface area contributed by atoms with Gasteiger partial charge in [0.15, 0.2) is 0 Å². The summed E-state index contributed by atoms with van der Waals surface area (Å²) in [5.41, 5.74) is 1.97. The molecule has 1 aromatic rings. The molecule has 0 atom stereocenters. The molecule has 0 aliphatic carbocycles. The van der Waals surface area contributed by atoms with Gasteiger partial charge in [0.25, 0.3) is 0 Å². The first-order valence-electron chi connectivity index (χ1n) is 4.59. The third kappa shape index (κ3) is 1.87. The van der Waals surface area contributed by atoms with Gasteiger partial charge in [-0.15, -0.1) is 0 Å². The normalized spacial score (nSPS) is 17.9. The molecule has 1 fully saturated rings. The summed E-state index contributed by atoms with van der Waals surface area (Å²) in [7, 11) is 0. The van der Waals surface area contributed by atoms with Crippen LogP contribution in [0.1, 0.15) is 24.6 Å². The highest BCUT2D eigenvalue weighted by molar-refractivity contribution is 5.12. The van der Waals surface area contributed by atoms with Crippen molar-refractivity contribution < 1.29 is 9.47 Å². The number of ether oxygens (including phenoxy) is 2. The predicted molar refractivity (Wildman–Crippen MR) is 48.3 cm³/mol. The summed E-state index contributed by atoms with van der Waals surface area (Å²) in [5, 5.41) is 0. The van der Waals surface area contributed by atoms with Crippen LogP contribution in [0.5, 0.6) is 0 Å². The van der Waals surface area contributed by atoms with E-state index < -0.39 is 0 Å². The number of hydrogen-bond acceptors (Lipinski definition) is 3. The van der Waals surface area contributed by atoms with E-state index in [0.29, 0.717) is 13.2 Å². The Kier molecular flexibility index (Phi) is 2.57. The summed E-state index contributed by atoms with van der Waals surface area (Å²) in [4.78, 5) is 4.42. The SMILES string of the molecule is CCc1cccc(C2OCCO2)n1. The molecule has 1 aliphatic heterocycles. The summed E-state index contributed by atoms with van der Waals surface area (Å²) in [6.07, 6.45) is 0.701. The fourth-order valence-corrected chi connectivity index (χ4v) is 1.36. The maximum atomic E-state index is 5.35. The number of nitrogens with zero attached hydrogens (tertiary/aromatic N) is 1. The van der Waals surface area contributed by atoms with Crippen LogP contribution in [0.25, 0.3) is 0 Å². The molecular formula is C10H13NO2. The highest BCUT2D eigenvalue weighted by Crippen LogP contribution is 2.21. The predicted octanol–water partition coefficient (Wildman–Crippen LogP) is 1.69. The van der Waals surface area contributed by atoms with E-state index in [4.69, 9.17) is 9.47 Å². The highest BCUT2D eigenvalue weighted by Gasteiger charge is 2.19. The lowest BCUT2D eigenvalue weighted by atomic mass is 10.2. The molecule has 0 radical (unpaired) electrons. The van der Waals surface area contributed by atoms with E-state index in [1.54, 1.807) is 0 Å². The second kappa shape index (κ2) is 3.85. The van der Waals surface area contributed by atoms with E-state index in [-0.39, 0.29) is 6.29 Å². The molecule has 2 rings (SSSR count). The van der Waals surface area contributed by atoms with Gasteiger partial charge < -0.3 is 9.47 Å². The molecule has 0 N–H and O–H groups in total. The number of aromatic nitrogens is 1. The van der Waals surface area contributed by atoms with E-state index in [0.717, 1.165) is 17.8 Å². The molecule has 3 nitrogen and oxygen atoms in total. The van der Waals surface area contributed by atoms with Gasteiger partial charge in [0.2, 0.25) is 6.29 Å². The first-order chi connectivity index (χ1) is 6.40. The molecule has 13 heavy (non-hydrogen) atoms. The second-order valence-corrected chi connectivity index (χ2v) is 2.98. The van der Waals surface area contributed by atoms with Crippen molar-refractivity contribution in [2.24, 2.45) is 0 Å². The van der Waals surface area contributed by atoms with Crippen LogP contribution in [0, 0.1) is 0 Å². The minimum Gasteiger partial charge on any atom is -0.345 e. The van der Waals surface area contributed by atoms with Crippen LogP contribution in [-0.4, -0.2) is 18.2 Å². The third-order valence-corrected chi connectivity index (χ3v) is 2.05. The van der Waals surface area contributed by atoms with Gasteiger partial charge in [0, 0.05) is 5.69 Å². The first kappa shape index (κ1) is 8.66. The Morgan fingerprint density at radius 3 is 2.85 bits per heavy atom. The van der Waals surface area contributed by atoms with E-state index in [2.05, 4.69) is 11.9 Å². The van der Waals surface area contributed by atoms with Crippen molar-refractivity contribution in [3.8, 4) is 0 Å². The zero-order chi connectivity index (χ0) is 9.10. The molecular weight excluding hydrogens is 166 g/mol. The van der Waals surface area contributed by atoms with Gasteiger partial charge in [0.05, 0.1) is 18.9 Å². The van der Waals surface area contributed by atoms with Crippen LogP contribution in [0.2, 0.25) is 0 Å². The number of pyridine rings is 1. The molecule has 1 saturated heterocycles. The van der Waals surface area contributed by atoms with Crippen molar-refractivity contribution in [3.63, 3.8) is 0 Å². The quantitative estimate of drug-likeness (QED) is 0.692. The minimum absolute atomic E-state index is 0.244. The summed E-state index contributed by atoms with van der Waals surface area (Å²) in [6, 6.07) is 5.94. The standard InChI is InChI=1S/C10H13NO2/c1-2-8-4-3-5-9(11-8)10-12-6-7-13-10/h3-5,10H,2,6-7H2,1H3.